The van der Waals surface area contributed by atoms with Crippen molar-refractivity contribution >= 4 is 23.2 Å². The van der Waals surface area contributed by atoms with Gasteiger partial charge in [-0.05, 0) is 18.6 Å². The number of carbonyl (C=O) groups excluding carboxylic acids is 1. The summed E-state index contributed by atoms with van der Waals surface area (Å²) in [4.78, 5) is 22.7. The molecule has 1 atom stereocenters. The van der Waals surface area contributed by atoms with Gasteiger partial charge in [0.1, 0.15) is 10.8 Å². The normalized spacial score (nSPS) is 11.8. The molecule has 2 N–H and O–H groups in total. The summed E-state index contributed by atoms with van der Waals surface area (Å²) in [5, 5.41) is 8.61. The highest BCUT2D eigenvalue weighted by atomic mass is 32.1. The first-order chi connectivity index (χ1) is 10.6. The summed E-state index contributed by atoms with van der Waals surface area (Å²) in [6.07, 6.45) is 2.55. The third kappa shape index (κ3) is 4.42. The fourth-order valence-electron chi connectivity index (χ4n) is 1.94. The van der Waals surface area contributed by atoms with Gasteiger partial charge in [-0.2, -0.15) is 0 Å². The number of nitrogens with zero attached hydrogens (tertiary/aromatic N) is 3. The molecule has 0 saturated heterocycles. The molecule has 2 amide bonds. The molecule has 0 fully saturated rings. The highest BCUT2D eigenvalue weighted by molar-refractivity contribution is 7.09. The number of thiazole rings is 1. The Morgan fingerprint density at radius 2 is 2.23 bits per heavy atom. The number of aromatic nitrogens is 2. The fraction of sp³-hybridized carbons (Fsp3) is 0.400. The van der Waals surface area contributed by atoms with E-state index >= 15 is 0 Å². The lowest BCUT2D eigenvalue weighted by atomic mass is 10.2. The van der Waals surface area contributed by atoms with E-state index in [4.69, 9.17) is 0 Å². The zero-order chi connectivity index (χ0) is 15.9. The SMILES string of the molecule is CC[C@H](NC(=O)NCc1cccc(N(C)C)n1)c1nccs1. The lowest BCUT2D eigenvalue weighted by molar-refractivity contribution is 0.236. The molecule has 0 unspecified atom stereocenters. The number of pyridine rings is 1. The molecule has 22 heavy (non-hydrogen) atoms. The van der Waals surface area contributed by atoms with Gasteiger partial charge in [0.25, 0.3) is 0 Å². The van der Waals surface area contributed by atoms with Crippen LogP contribution in [0.5, 0.6) is 0 Å². The first-order valence-electron chi connectivity index (χ1n) is 7.17. The maximum Gasteiger partial charge on any atom is 0.315 e. The Labute approximate surface area is 134 Å². The van der Waals surface area contributed by atoms with Gasteiger partial charge in [0.05, 0.1) is 18.3 Å². The number of rotatable bonds is 6. The average molecular weight is 319 g/mol. The molecular weight excluding hydrogens is 298 g/mol. The van der Waals surface area contributed by atoms with Crippen molar-refractivity contribution in [1.82, 2.24) is 20.6 Å². The van der Waals surface area contributed by atoms with Crippen LogP contribution in [0, 0.1) is 0 Å². The minimum absolute atomic E-state index is 0.0546. The largest absolute Gasteiger partial charge is 0.363 e. The second-order valence-corrected chi connectivity index (χ2v) is 5.97. The first kappa shape index (κ1) is 16.2. The van der Waals surface area contributed by atoms with E-state index in [2.05, 4.69) is 20.6 Å². The van der Waals surface area contributed by atoms with Crippen LogP contribution in [0.25, 0.3) is 0 Å². The van der Waals surface area contributed by atoms with Gasteiger partial charge in [0.15, 0.2) is 0 Å². The first-order valence-corrected chi connectivity index (χ1v) is 8.05. The smallest absolute Gasteiger partial charge is 0.315 e. The number of anilines is 1. The third-order valence-electron chi connectivity index (χ3n) is 3.14. The van der Waals surface area contributed by atoms with Crippen molar-refractivity contribution in [3.8, 4) is 0 Å². The van der Waals surface area contributed by atoms with E-state index in [9.17, 15) is 4.79 Å². The summed E-state index contributed by atoms with van der Waals surface area (Å²) in [6.45, 7) is 2.41. The number of carbonyl (C=O) groups is 1. The predicted octanol–water partition coefficient (Wildman–Crippen LogP) is 2.55. The van der Waals surface area contributed by atoms with Gasteiger partial charge in [-0.15, -0.1) is 11.3 Å². The van der Waals surface area contributed by atoms with Crippen LogP contribution >= 0.6 is 11.3 Å². The average Bonchev–Trinajstić information content (AvgIpc) is 3.05. The Balaban J connectivity index is 1.88. The second kappa shape index (κ2) is 7.74. The molecule has 0 aliphatic heterocycles. The van der Waals surface area contributed by atoms with E-state index in [0.717, 1.165) is 22.9 Å². The highest BCUT2D eigenvalue weighted by Crippen LogP contribution is 2.18. The summed E-state index contributed by atoms with van der Waals surface area (Å²) in [5.41, 5.74) is 0.823. The summed E-state index contributed by atoms with van der Waals surface area (Å²) < 4.78 is 0. The summed E-state index contributed by atoms with van der Waals surface area (Å²) >= 11 is 1.55. The van der Waals surface area contributed by atoms with Crippen LogP contribution in [0.3, 0.4) is 0 Å². The van der Waals surface area contributed by atoms with E-state index in [0.29, 0.717) is 6.54 Å². The Kier molecular flexibility index (Phi) is 5.71. The zero-order valence-corrected chi connectivity index (χ0v) is 13.9. The molecule has 0 aliphatic rings. The summed E-state index contributed by atoms with van der Waals surface area (Å²) in [7, 11) is 3.87. The van der Waals surface area contributed by atoms with Gasteiger partial charge in [0.2, 0.25) is 0 Å². The quantitative estimate of drug-likeness (QED) is 0.858. The lowest BCUT2D eigenvalue weighted by Gasteiger charge is -2.16. The van der Waals surface area contributed by atoms with Crippen LogP contribution in [0.1, 0.15) is 30.1 Å². The molecule has 0 bridgehead atoms. The third-order valence-corrected chi connectivity index (χ3v) is 4.03. The molecule has 2 aromatic heterocycles. The Bertz CT molecular complexity index is 600. The minimum atomic E-state index is -0.209. The second-order valence-electron chi connectivity index (χ2n) is 5.04. The molecule has 0 saturated carbocycles. The Hall–Kier alpha value is -2.15. The zero-order valence-electron chi connectivity index (χ0n) is 13.0. The Morgan fingerprint density at radius 1 is 1.41 bits per heavy atom. The molecule has 2 aromatic rings. The molecule has 2 rings (SSSR count). The minimum Gasteiger partial charge on any atom is -0.363 e. The van der Waals surface area contributed by atoms with Gasteiger partial charge < -0.3 is 15.5 Å². The molecule has 6 nitrogen and oxygen atoms in total. The Morgan fingerprint density at radius 3 is 2.86 bits per heavy atom. The van der Waals surface area contributed by atoms with E-state index in [1.54, 1.807) is 17.5 Å². The maximum atomic E-state index is 12.0. The van der Waals surface area contributed by atoms with Crippen molar-refractivity contribution in [2.24, 2.45) is 0 Å². The van der Waals surface area contributed by atoms with Gasteiger partial charge in [-0.1, -0.05) is 13.0 Å². The van der Waals surface area contributed by atoms with Crippen molar-refractivity contribution in [2.75, 3.05) is 19.0 Å². The molecular formula is C15H21N5OS. The molecule has 0 aliphatic carbocycles. The molecule has 0 aromatic carbocycles. The molecule has 7 heteroatoms. The molecule has 0 spiro atoms. The van der Waals surface area contributed by atoms with Crippen molar-refractivity contribution in [1.29, 1.82) is 0 Å². The number of nitrogens with one attached hydrogen (secondary N) is 2. The maximum absolute atomic E-state index is 12.0. The van der Waals surface area contributed by atoms with Crippen molar-refractivity contribution in [3.05, 3.63) is 40.5 Å². The van der Waals surface area contributed by atoms with Gasteiger partial charge in [-0.3, -0.25) is 0 Å². The highest BCUT2D eigenvalue weighted by Gasteiger charge is 2.14. The summed E-state index contributed by atoms with van der Waals surface area (Å²) in [5.74, 6) is 0.869. The van der Waals surface area contributed by atoms with Crippen LogP contribution < -0.4 is 15.5 Å². The van der Waals surface area contributed by atoms with Gasteiger partial charge >= 0.3 is 6.03 Å². The monoisotopic (exact) mass is 319 g/mol. The standard InChI is InChI=1S/C15H21N5OS/c1-4-12(14-16-8-9-22-14)19-15(21)17-10-11-6-5-7-13(18-11)20(2)3/h5-9,12H,4,10H2,1-3H3,(H2,17,19,21)/t12-/m0/s1. The van der Waals surface area contributed by atoms with E-state index in [1.807, 2.05) is 49.5 Å². The fourth-order valence-corrected chi connectivity index (χ4v) is 2.71. The van der Waals surface area contributed by atoms with Crippen LogP contribution in [-0.4, -0.2) is 30.1 Å². The van der Waals surface area contributed by atoms with E-state index in [1.165, 1.54) is 0 Å². The molecule has 0 radical (unpaired) electrons. The number of hydrogen-bond acceptors (Lipinski definition) is 5. The predicted molar refractivity (Wildman–Crippen MR) is 89.1 cm³/mol. The number of amides is 2. The number of hydrogen-bond donors (Lipinski definition) is 2. The topological polar surface area (TPSA) is 70.2 Å². The van der Waals surface area contributed by atoms with E-state index in [-0.39, 0.29) is 12.1 Å². The molecule has 2 heterocycles. The summed E-state index contributed by atoms with van der Waals surface area (Å²) in [6, 6.07) is 5.49. The van der Waals surface area contributed by atoms with Gasteiger partial charge in [0, 0.05) is 25.7 Å². The van der Waals surface area contributed by atoms with Crippen LogP contribution in [0.15, 0.2) is 29.8 Å². The van der Waals surface area contributed by atoms with Crippen molar-refractivity contribution in [2.45, 2.75) is 25.9 Å². The molecule has 118 valence electrons. The lowest BCUT2D eigenvalue weighted by Crippen LogP contribution is -2.37. The number of urea groups is 1. The van der Waals surface area contributed by atoms with Crippen LogP contribution in [0.4, 0.5) is 10.6 Å². The van der Waals surface area contributed by atoms with Crippen molar-refractivity contribution in [3.63, 3.8) is 0 Å². The van der Waals surface area contributed by atoms with Crippen LogP contribution in [-0.2, 0) is 6.54 Å². The van der Waals surface area contributed by atoms with E-state index < -0.39 is 0 Å². The van der Waals surface area contributed by atoms with Crippen LogP contribution in [0.2, 0.25) is 0 Å². The van der Waals surface area contributed by atoms with Gasteiger partial charge in [-0.25, -0.2) is 14.8 Å². The van der Waals surface area contributed by atoms with Crippen molar-refractivity contribution < 1.29 is 4.79 Å².